The number of hydrogen-bond donors (Lipinski definition) is 2. The van der Waals surface area contributed by atoms with Gasteiger partial charge in [0.1, 0.15) is 0 Å². The monoisotopic (exact) mass is 302 g/mol. The lowest BCUT2D eigenvalue weighted by atomic mass is 10.1. The molecule has 0 bridgehead atoms. The lowest BCUT2D eigenvalue weighted by molar-refractivity contribution is 0.0343. The highest BCUT2D eigenvalue weighted by atomic mass is 19.2. The fourth-order valence-electron chi connectivity index (χ4n) is 2.14. The molecular weight excluding hydrogens is 285 g/mol. The Morgan fingerprint density at radius 1 is 1.24 bits per heavy atom. The molecule has 0 atom stereocenters. The number of carbonyl (C=O) groups is 1. The number of carbonyl (C=O) groups excluding carboxylic acids is 1. The van der Waals surface area contributed by atoms with E-state index in [1.165, 1.54) is 0 Å². The van der Waals surface area contributed by atoms with Gasteiger partial charge >= 0.3 is 0 Å². The number of rotatable bonds is 5. The van der Waals surface area contributed by atoms with Crippen LogP contribution in [0.2, 0.25) is 0 Å². The number of benzene rings is 1. The lowest BCUT2D eigenvalue weighted by Gasteiger charge is -2.22. The van der Waals surface area contributed by atoms with Crippen LogP contribution in [0.3, 0.4) is 0 Å². The standard InChI is InChI=1S/C14H17F3N2O2/c15-11-7-9(8-12(16)13(11)17)14(20)19-5-6-21-10-1-3-18-4-2-10/h7-8,10,18H,1-6H2,(H,19,20). The van der Waals surface area contributed by atoms with E-state index in [1.54, 1.807) is 0 Å². The molecule has 116 valence electrons. The van der Waals surface area contributed by atoms with Crippen LogP contribution in [-0.2, 0) is 4.74 Å². The average Bonchev–Trinajstić information content (AvgIpc) is 2.49. The lowest BCUT2D eigenvalue weighted by Crippen LogP contribution is -2.34. The van der Waals surface area contributed by atoms with E-state index >= 15 is 0 Å². The van der Waals surface area contributed by atoms with Gasteiger partial charge in [0.25, 0.3) is 5.91 Å². The van der Waals surface area contributed by atoms with Crippen LogP contribution >= 0.6 is 0 Å². The summed E-state index contributed by atoms with van der Waals surface area (Å²) < 4.78 is 44.4. The molecule has 4 nitrogen and oxygen atoms in total. The highest BCUT2D eigenvalue weighted by Crippen LogP contribution is 2.13. The molecule has 1 aliphatic rings. The van der Waals surface area contributed by atoms with Gasteiger partial charge in [-0.15, -0.1) is 0 Å². The van der Waals surface area contributed by atoms with Crippen molar-refractivity contribution in [2.45, 2.75) is 18.9 Å². The molecule has 0 saturated carbocycles. The van der Waals surface area contributed by atoms with Crippen LogP contribution in [-0.4, -0.2) is 38.3 Å². The third-order valence-corrected chi connectivity index (χ3v) is 3.27. The fourth-order valence-corrected chi connectivity index (χ4v) is 2.14. The molecule has 0 spiro atoms. The molecule has 0 radical (unpaired) electrons. The zero-order valence-electron chi connectivity index (χ0n) is 11.4. The SMILES string of the molecule is O=C(NCCOC1CCNCC1)c1cc(F)c(F)c(F)c1. The highest BCUT2D eigenvalue weighted by molar-refractivity contribution is 5.94. The summed E-state index contributed by atoms with van der Waals surface area (Å²) in [6, 6.07) is 1.34. The Hall–Kier alpha value is -1.60. The van der Waals surface area contributed by atoms with Gasteiger partial charge in [-0.05, 0) is 38.1 Å². The summed E-state index contributed by atoms with van der Waals surface area (Å²) in [5, 5.41) is 5.69. The van der Waals surface area contributed by atoms with Crippen LogP contribution in [0.15, 0.2) is 12.1 Å². The van der Waals surface area contributed by atoms with Crippen molar-refractivity contribution in [1.82, 2.24) is 10.6 Å². The van der Waals surface area contributed by atoms with Gasteiger partial charge in [-0.2, -0.15) is 0 Å². The molecule has 1 aliphatic heterocycles. The van der Waals surface area contributed by atoms with Crippen LogP contribution in [0.5, 0.6) is 0 Å². The molecule has 7 heteroatoms. The first kappa shape index (κ1) is 15.8. The summed E-state index contributed by atoms with van der Waals surface area (Å²) in [7, 11) is 0. The van der Waals surface area contributed by atoms with Crippen molar-refractivity contribution >= 4 is 5.91 Å². The third kappa shape index (κ3) is 4.44. The van der Waals surface area contributed by atoms with Crippen LogP contribution in [0.1, 0.15) is 23.2 Å². The van der Waals surface area contributed by atoms with Gasteiger partial charge in [0.05, 0.1) is 12.7 Å². The summed E-state index contributed by atoms with van der Waals surface area (Å²) in [6.07, 6.45) is 2.01. The molecule has 1 amide bonds. The average molecular weight is 302 g/mol. The van der Waals surface area contributed by atoms with Crippen LogP contribution < -0.4 is 10.6 Å². The van der Waals surface area contributed by atoms with Crippen LogP contribution in [0.4, 0.5) is 13.2 Å². The molecule has 2 N–H and O–H groups in total. The minimum absolute atomic E-state index is 0.170. The molecule has 0 unspecified atom stereocenters. The first-order valence-electron chi connectivity index (χ1n) is 6.83. The Bertz CT molecular complexity index is 482. The highest BCUT2D eigenvalue weighted by Gasteiger charge is 2.15. The Morgan fingerprint density at radius 2 is 1.86 bits per heavy atom. The van der Waals surface area contributed by atoms with E-state index in [0.717, 1.165) is 25.9 Å². The van der Waals surface area contributed by atoms with E-state index in [4.69, 9.17) is 4.74 Å². The minimum atomic E-state index is -1.58. The second-order valence-electron chi connectivity index (χ2n) is 4.83. The number of piperidine rings is 1. The number of amides is 1. The number of nitrogens with one attached hydrogen (secondary N) is 2. The van der Waals surface area contributed by atoms with Gasteiger partial charge in [0.15, 0.2) is 17.5 Å². The molecule has 1 aromatic carbocycles. The molecule has 0 aromatic heterocycles. The van der Waals surface area contributed by atoms with E-state index < -0.39 is 23.4 Å². The predicted octanol–water partition coefficient (Wildman–Crippen LogP) is 1.60. The van der Waals surface area contributed by atoms with Gasteiger partial charge < -0.3 is 15.4 Å². The third-order valence-electron chi connectivity index (χ3n) is 3.27. The van der Waals surface area contributed by atoms with E-state index in [1.807, 2.05) is 0 Å². The Balaban J connectivity index is 1.76. The molecule has 1 aromatic rings. The van der Waals surface area contributed by atoms with Crippen molar-refractivity contribution in [1.29, 1.82) is 0 Å². The maximum Gasteiger partial charge on any atom is 0.251 e. The van der Waals surface area contributed by atoms with Crippen LogP contribution in [0.25, 0.3) is 0 Å². The molecule has 21 heavy (non-hydrogen) atoms. The smallest absolute Gasteiger partial charge is 0.251 e. The van der Waals surface area contributed by atoms with Crippen molar-refractivity contribution < 1.29 is 22.7 Å². The topological polar surface area (TPSA) is 50.4 Å². The van der Waals surface area contributed by atoms with Crippen molar-refractivity contribution in [3.05, 3.63) is 35.1 Å². The largest absolute Gasteiger partial charge is 0.376 e. The summed E-state index contributed by atoms with van der Waals surface area (Å²) in [4.78, 5) is 11.7. The molecule has 2 rings (SSSR count). The van der Waals surface area contributed by atoms with Crippen molar-refractivity contribution in [2.75, 3.05) is 26.2 Å². The summed E-state index contributed by atoms with van der Waals surface area (Å²) in [5.41, 5.74) is -0.256. The zero-order chi connectivity index (χ0) is 15.2. The van der Waals surface area contributed by atoms with E-state index in [9.17, 15) is 18.0 Å². The maximum absolute atomic E-state index is 13.0. The van der Waals surface area contributed by atoms with Gasteiger partial charge in [-0.3, -0.25) is 4.79 Å². The quantitative estimate of drug-likeness (QED) is 0.642. The van der Waals surface area contributed by atoms with Crippen LogP contribution in [0, 0.1) is 17.5 Å². The van der Waals surface area contributed by atoms with Gasteiger partial charge in [-0.25, -0.2) is 13.2 Å². The fraction of sp³-hybridized carbons (Fsp3) is 0.500. The predicted molar refractivity (Wildman–Crippen MR) is 70.5 cm³/mol. The molecule has 1 heterocycles. The molecule has 1 saturated heterocycles. The van der Waals surface area contributed by atoms with Gasteiger partial charge in [0.2, 0.25) is 0 Å². The Morgan fingerprint density at radius 3 is 2.48 bits per heavy atom. The molecule has 1 fully saturated rings. The molecular formula is C14H17F3N2O2. The van der Waals surface area contributed by atoms with E-state index in [2.05, 4.69) is 10.6 Å². The van der Waals surface area contributed by atoms with Gasteiger partial charge in [-0.1, -0.05) is 0 Å². The summed E-state index contributed by atoms with van der Waals surface area (Å²) in [6.45, 7) is 2.36. The Kier molecular flexibility index (Phi) is 5.58. The first-order valence-corrected chi connectivity index (χ1v) is 6.83. The van der Waals surface area contributed by atoms with Crippen molar-refractivity contribution in [3.8, 4) is 0 Å². The number of hydrogen-bond acceptors (Lipinski definition) is 3. The van der Waals surface area contributed by atoms with Crippen molar-refractivity contribution in [3.63, 3.8) is 0 Å². The maximum atomic E-state index is 13.0. The summed E-state index contributed by atoms with van der Waals surface area (Å²) in [5.74, 6) is -5.01. The van der Waals surface area contributed by atoms with E-state index in [0.29, 0.717) is 18.7 Å². The second-order valence-corrected chi connectivity index (χ2v) is 4.83. The second kappa shape index (κ2) is 7.42. The number of halogens is 3. The van der Waals surface area contributed by atoms with Gasteiger partial charge in [0, 0.05) is 12.1 Å². The number of ether oxygens (including phenoxy) is 1. The minimum Gasteiger partial charge on any atom is -0.376 e. The zero-order valence-corrected chi connectivity index (χ0v) is 11.4. The van der Waals surface area contributed by atoms with Crippen molar-refractivity contribution in [2.24, 2.45) is 0 Å². The summed E-state index contributed by atoms with van der Waals surface area (Å²) >= 11 is 0. The normalized spacial score (nSPS) is 16.0. The molecule has 0 aliphatic carbocycles. The van der Waals surface area contributed by atoms with E-state index in [-0.39, 0.29) is 18.2 Å². The first-order chi connectivity index (χ1) is 10.1. The Labute approximate surface area is 120 Å².